The molecule has 6 nitrogen and oxygen atoms in total. The summed E-state index contributed by atoms with van der Waals surface area (Å²) in [6, 6.07) is 1.36. The van der Waals surface area contributed by atoms with Gasteiger partial charge in [0.1, 0.15) is 0 Å². The molecule has 1 aliphatic rings. The molecule has 2 heterocycles. The highest BCUT2D eigenvalue weighted by Crippen LogP contribution is 2.18. The van der Waals surface area contributed by atoms with Crippen molar-refractivity contribution in [2.75, 3.05) is 25.1 Å². The first-order chi connectivity index (χ1) is 9.93. The van der Waals surface area contributed by atoms with Crippen LogP contribution in [-0.4, -0.2) is 55.3 Å². The molecule has 112 valence electrons. The number of rotatable bonds is 2. The van der Waals surface area contributed by atoms with E-state index in [1.807, 2.05) is 0 Å². The molecule has 0 saturated carbocycles. The minimum absolute atomic E-state index is 0.0232. The van der Waals surface area contributed by atoms with Gasteiger partial charge in [0.2, 0.25) is 0 Å². The molecule has 1 aromatic rings. The van der Waals surface area contributed by atoms with Crippen LogP contribution < -0.4 is 5.73 Å². The number of nitrogens with zero attached hydrogens (tertiary/aromatic N) is 2. The molecule has 21 heavy (non-hydrogen) atoms. The van der Waals surface area contributed by atoms with Gasteiger partial charge in [0.05, 0.1) is 23.6 Å². The number of hydrogen-bond acceptors (Lipinski definition) is 5. The standard InChI is InChI=1S/C14H17N3O3S/c1-17(13-4-6-21(19,20)10-13)14(18)12-7-11(3-2-5-15)8-16-9-12/h7-9,13H,4-6,10,15H2,1H3. The Kier molecular flexibility index (Phi) is 4.60. The highest BCUT2D eigenvalue weighted by Gasteiger charge is 2.33. The van der Waals surface area contributed by atoms with Crippen molar-refractivity contribution in [2.45, 2.75) is 12.5 Å². The monoisotopic (exact) mass is 307 g/mol. The van der Waals surface area contributed by atoms with Crippen LogP contribution in [0.5, 0.6) is 0 Å². The maximum atomic E-state index is 12.4. The predicted octanol–water partition coefficient (Wildman–Crippen LogP) is -0.349. The summed E-state index contributed by atoms with van der Waals surface area (Å²) in [6.45, 7) is 0.234. The van der Waals surface area contributed by atoms with Gasteiger partial charge in [-0.1, -0.05) is 11.8 Å². The largest absolute Gasteiger partial charge is 0.338 e. The molecular weight excluding hydrogens is 290 g/mol. The van der Waals surface area contributed by atoms with Crippen molar-refractivity contribution in [1.29, 1.82) is 0 Å². The maximum absolute atomic E-state index is 12.4. The molecule has 0 aliphatic carbocycles. The Bertz CT molecular complexity index is 704. The van der Waals surface area contributed by atoms with E-state index in [2.05, 4.69) is 16.8 Å². The summed E-state index contributed by atoms with van der Waals surface area (Å²) < 4.78 is 23.0. The van der Waals surface area contributed by atoms with Crippen LogP contribution >= 0.6 is 0 Å². The van der Waals surface area contributed by atoms with Crippen LogP contribution in [0, 0.1) is 11.8 Å². The second-order valence-corrected chi connectivity index (χ2v) is 7.17. The minimum Gasteiger partial charge on any atom is -0.338 e. The Balaban J connectivity index is 2.16. The summed E-state index contributed by atoms with van der Waals surface area (Å²) in [5.74, 6) is 5.42. The molecule has 1 amide bonds. The van der Waals surface area contributed by atoms with E-state index in [0.717, 1.165) is 0 Å². The van der Waals surface area contributed by atoms with Gasteiger partial charge in [-0.15, -0.1) is 0 Å². The van der Waals surface area contributed by atoms with Crippen molar-refractivity contribution in [2.24, 2.45) is 5.73 Å². The van der Waals surface area contributed by atoms with Gasteiger partial charge in [-0.05, 0) is 12.5 Å². The molecule has 2 N–H and O–H groups in total. The van der Waals surface area contributed by atoms with Gasteiger partial charge < -0.3 is 10.6 Å². The molecular formula is C14H17N3O3S. The lowest BCUT2D eigenvalue weighted by molar-refractivity contribution is 0.0747. The Hall–Kier alpha value is -1.91. The predicted molar refractivity (Wildman–Crippen MR) is 79.3 cm³/mol. The summed E-state index contributed by atoms with van der Waals surface area (Å²) in [5, 5.41) is 0. The summed E-state index contributed by atoms with van der Waals surface area (Å²) in [6.07, 6.45) is 3.49. The van der Waals surface area contributed by atoms with Gasteiger partial charge >= 0.3 is 0 Å². The van der Waals surface area contributed by atoms with Gasteiger partial charge in [0.15, 0.2) is 9.84 Å². The molecule has 7 heteroatoms. The first-order valence-electron chi connectivity index (χ1n) is 6.54. The van der Waals surface area contributed by atoms with Gasteiger partial charge in [-0.2, -0.15) is 0 Å². The summed E-state index contributed by atoms with van der Waals surface area (Å²) >= 11 is 0. The molecule has 2 rings (SSSR count). The average Bonchev–Trinajstić information content (AvgIpc) is 2.84. The molecule has 1 aromatic heterocycles. The molecule has 1 atom stereocenters. The lowest BCUT2D eigenvalue weighted by Gasteiger charge is -2.23. The fraction of sp³-hybridized carbons (Fsp3) is 0.429. The SMILES string of the molecule is CN(C(=O)c1cncc(C#CCN)c1)C1CCS(=O)(=O)C1. The van der Waals surface area contributed by atoms with Gasteiger partial charge in [-0.3, -0.25) is 9.78 Å². The molecule has 1 saturated heterocycles. The van der Waals surface area contributed by atoms with Crippen molar-refractivity contribution in [3.05, 3.63) is 29.6 Å². The third-order valence-electron chi connectivity index (χ3n) is 3.40. The molecule has 1 unspecified atom stereocenters. The first kappa shape index (κ1) is 15.5. The van der Waals surface area contributed by atoms with E-state index < -0.39 is 9.84 Å². The summed E-state index contributed by atoms with van der Waals surface area (Å²) in [4.78, 5) is 17.8. The number of pyridine rings is 1. The highest BCUT2D eigenvalue weighted by molar-refractivity contribution is 7.91. The Morgan fingerprint density at radius 3 is 2.90 bits per heavy atom. The Morgan fingerprint density at radius 1 is 1.52 bits per heavy atom. The van der Waals surface area contributed by atoms with Crippen molar-refractivity contribution in [1.82, 2.24) is 9.88 Å². The average molecular weight is 307 g/mol. The number of carbonyl (C=O) groups is 1. The zero-order valence-electron chi connectivity index (χ0n) is 11.7. The van der Waals surface area contributed by atoms with Crippen molar-refractivity contribution >= 4 is 15.7 Å². The fourth-order valence-corrected chi connectivity index (χ4v) is 4.00. The van der Waals surface area contributed by atoms with Gasteiger partial charge in [0.25, 0.3) is 5.91 Å². The van der Waals surface area contributed by atoms with Crippen LogP contribution in [0.2, 0.25) is 0 Å². The zero-order chi connectivity index (χ0) is 15.5. The molecule has 0 spiro atoms. The van der Waals surface area contributed by atoms with Crippen molar-refractivity contribution in [3.63, 3.8) is 0 Å². The maximum Gasteiger partial charge on any atom is 0.255 e. The van der Waals surface area contributed by atoms with Crippen molar-refractivity contribution < 1.29 is 13.2 Å². The van der Waals surface area contributed by atoms with Crippen LogP contribution in [0.3, 0.4) is 0 Å². The molecule has 1 aliphatic heterocycles. The van der Waals surface area contributed by atoms with Crippen LogP contribution in [-0.2, 0) is 9.84 Å². The Labute approximate surface area is 124 Å². The Morgan fingerprint density at radius 2 is 2.29 bits per heavy atom. The van der Waals surface area contributed by atoms with E-state index in [9.17, 15) is 13.2 Å². The molecule has 0 radical (unpaired) electrons. The topological polar surface area (TPSA) is 93.4 Å². The number of carbonyl (C=O) groups excluding carboxylic acids is 1. The number of aromatic nitrogens is 1. The van der Waals surface area contributed by atoms with E-state index in [1.165, 1.54) is 11.1 Å². The number of nitrogens with two attached hydrogens (primary N) is 1. The van der Waals surface area contributed by atoms with E-state index in [0.29, 0.717) is 17.5 Å². The van der Waals surface area contributed by atoms with Gasteiger partial charge in [-0.25, -0.2) is 8.42 Å². The van der Waals surface area contributed by atoms with E-state index in [-0.39, 0.29) is 30.0 Å². The van der Waals surface area contributed by atoms with Crippen molar-refractivity contribution in [3.8, 4) is 11.8 Å². The number of hydrogen-bond donors (Lipinski definition) is 1. The van der Waals surface area contributed by atoms with Crippen LogP contribution in [0.25, 0.3) is 0 Å². The first-order valence-corrected chi connectivity index (χ1v) is 8.36. The minimum atomic E-state index is -3.02. The van der Waals surface area contributed by atoms with Gasteiger partial charge in [0, 0.05) is 31.0 Å². The number of sulfone groups is 1. The highest BCUT2D eigenvalue weighted by atomic mass is 32.2. The quantitative estimate of drug-likeness (QED) is 0.754. The lowest BCUT2D eigenvalue weighted by atomic mass is 10.1. The van der Waals surface area contributed by atoms with E-state index in [1.54, 1.807) is 19.3 Å². The summed E-state index contributed by atoms with van der Waals surface area (Å²) in [5.41, 5.74) is 6.31. The van der Waals surface area contributed by atoms with E-state index in [4.69, 9.17) is 5.73 Å². The van der Waals surface area contributed by atoms with Crippen LogP contribution in [0.4, 0.5) is 0 Å². The number of amides is 1. The normalized spacial score (nSPS) is 19.6. The zero-order valence-corrected chi connectivity index (χ0v) is 12.6. The smallest absolute Gasteiger partial charge is 0.255 e. The molecule has 0 aromatic carbocycles. The third-order valence-corrected chi connectivity index (χ3v) is 5.15. The molecule has 1 fully saturated rings. The summed E-state index contributed by atoms with van der Waals surface area (Å²) in [7, 11) is -1.40. The van der Waals surface area contributed by atoms with Crippen LogP contribution in [0.1, 0.15) is 22.3 Å². The van der Waals surface area contributed by atoms with Crippen LogP contribution in [0.15, 0.2) is 18.5 Å². The fourth-order valence-electron chi connectivity index (χ4n) is 2.23. The second kappa shape index (κ2) is 6.24. The van der Waals surface area contributed by atoms with E-state index >= 15 is 0 Å². The third kappa shape index (κ3) is 3.80. The molecule has 0 bridgehead atoms. The second-order valence-electron chi connectivity index (χ2n) is 4.94. The lowest BCUT2D eigenvalue weighted by Crippen LogP contribution is -2.37.